The molecule has 4 rings (SSSR count). The molecule has 3 heterocycles. The standard InChI is InChI=1S/C20H25N5O2/c1-5-10-23-18(26)16-17(22(4)20(23)27)21-19-24(11-14(3)12-25(16)19)15-8-6-13(2)7-9-15/h6-9,14H,5,10-12H2,1-4H3/p+1/t14-/m0/s1. The van der Waals surface area contributed by atoms with E-state index in [2.05, 4.69) is 48.0 Å². The Morgan fingerprint density at radius 2 is 1.93 bits per heavy atom. The molecular formula is C20H26N5O2+. The van der Waals surface area contributed by atoms with Gasteiger partial charge in [-0.25, -0.2) is 19.2 Å². The third-order valence-corrected chi connectivity index (χ3v) is 5.32. The summed E-state index contributed by atoms with van der Waals surface area (Å²) in [5.74, 6) is 1.23. The van der Waals surface area contributed by atoms with Gasteiger partial charge in [-0.2, -0.15) is 0 Å². The maximum atomic E-state index is 13.1. The first-order chi connectivity index (χ1) is 12.9. The number of aryl methyl sites for hydroxylation is 2. The first kappa shape index (κ1) is 17.6. The Bertz CT molecular complexity index is 1120. The van der Waals surface area contributed by atoms with Crippen LogP contribution in [-0.4, -0.2) is 20.7 Å². The molecule has 0 saturated heterocycles. The quantitative estimate of drug-likeness (QED) is 0.717. The molecule has 1 aromatic carbocycles. The molecule has 7 nitrogen and oxygen atoms in total. The largest absolute Gasteiger partial charge is 0.364 e. The van der Waals surface area contributed by atoms with Gasteiger partial charge >= 0.3 is 11.6 Å². The van der Waals surface area contributed by atoms with Crippen LogP contribution in [0.5, 0.6) is 0 Å². The SMILES string of the molecule is CCCn1c(=O)c2c([nH]c3[n+]2C[C@@H](C)CN3c2ccc(C)cc2)n(C)c1=O. The zero-order chi connectivity index (χ0) is 19.3. The van der Waals surface area contributed by atoms with E-state index >= 15 is 0 Å². The molecule has 1 N–H and O–H groups in total. The number of aromatic nitrogens is 4. The molecular weight excluding hydrogens is 342 g/mol. The second-order valence-electron chi connectivity index (χ2n) is 7.61. The van der Waals surface area contributed by atoms with E-state index in [4.69, 9.17) is 0 Å². The number of fused-ring (bicyclic) bond motifs is 3. The molecule has 0 amide bonds. The predicted molar refractivity (Wildman–Crippen MR) is 106 cm³/mol. The molecule has 0 fully saturated rings. The van der Waals surface area contributed by atoms with Crippen LogP contribution in [0, 0.1) is 12.8 Å². The van der Waals surface area contributed by atoms with E-state index in [9.17, 15) is 9.59 Å². The second-order valence-corrected chi connectivity index (χ2v) is 7.61. The molecule has 1 aliphatic rings. The Labute approximate surface area is 157 Å². The summed E-state index contributed by atoms with van der Waals surface area (Å²) in [6, 6.07) is 8.37. The molecule has 3 aromatic rings. The van der Waals surface area contributed by atoms with Gasteiger partial charge in [0.15, 0.2) is 0 Å². The molecule has 0 saturated carbocycles. The molecule has 0 bridgehead atoms. The molecule has 2 aromatic heterocycles. The van der Waals surface area contributed by atoms with Crippen molar-refractivity contribution in [1.29, 1.82) is 0 Å². The van der Waals surface area contributed by atoms with E-state index in [1.165, 1.54) is 10.1 Å². The number of nitrogens with zero attached hydrogens (tertiary/aromatic N) is 4. The van der Waals surface area contributed by atoms with E-state index in [-0.39, 0.29) is 11.2 Å². The third kappa shape index (κ3) is 2.69. The van der Waals surface area contributed by atoms with E-state index < -0.39 is 0 Å². The van der Waals surface area contributed by atoms with Gasteiger partial charge in [0.05, 0.1) is 13.1 Å². The van der Waals surface area contributed by atoms with E-state index in [0.717, 1.165) is 31.1 Å². The van der Waals surface area contributed by atoms with Gasteiger partial charge in [-0.1, -0.05) is 31.5 Å². The highest BCUT2D eigenvalue weighted by Crippen LogP contribution is 2.28. The normalized spacial score (nSPS) is 16.7. The Kier molecular flexibility index (Phi) is 4.17. The van der Waals surface area contributed by atoms with Crippen molar-refractivity contribution in [2.45, 2.75) is 40.3 Å². The van der Waals surface area contributed by atoms with Crippen molar-refractivity contribution in [3.63, 3.8) is 0 Å². The summed E-state index contributed by atoms with van der Waals surface area (Å²) in [4.78, 5) is 31.3. The molecule has 0 radical (unpaired) electrons. The topological polar surface area (TPSA) is 66.9 Å². The highest BCUT2D eigenvalue weighted by atomic mass is 16.2. The minimum absolute atomic E-state index is 0.213. The minimum atomic E-state index is -0.275. The Morgan fingerprint density at radius 1 is 1.22 bits per heavy atom. The summed E-state index contributed by atoms with van der Waals surface area (Å²) < 4.78 is 4.94. The molecule has 1 atom stereocenters. The highest BCUT2D eigenvalue weighted by Gasteiger charge is 2.35. The molecule has 0 aliphatic carbocycles. The molecule has 0 unspecified atom stereocenters. The average Bonchev–Trinajstić information content (AvgIpc) is 3.03. The zero-order valence-corrected chi connectivity index (χ0v) is 16.3. The van der Waals surface area contributed by atoms with Crippen LogP contribution in [0.15, 0.2) is 33.9 Å². The lowest BCUT2D eigenvalue weighted by Crippen LogP contribution is -2.52. The number of rotatable bonds is 3. The van der Waals surface area contributed by atoms with E-state index in [1.54, 1.807) is 11.6 Å². The lowest BCUT2D eigenvalue weighted by Gasteiger charge is -2.26. The fourth-order valence-corrected chi connectivity index (χ4v) is 3.95. The number of hydrogen-bond donors (Lipinski definition) is 1. The summed E-state index contributed by atoms with van der Waals surface area (Å²) in [6.07, 6.45) is 0.740. The maximum absolute atomic E-state index is 13.1. The molecule has 142 valence electrons. The average molecular weight is 368 g/mol. The minimum Gasteiger partial charge on any atom is -0.267 e. The van der Waals surface area contributed by atoms with Crippen LogP contribution in [0.2, 0.25) is 0 Å². The van der Waals surface area contributed by atoms with Crippen molar-refractivity contribution in [2.24, 2.45) is 13.0 Å². The van der Waals surface area contributed by atoms with Gasteiger partial charge in [-0.3, -0.25) is 13.9 Å². The lowest BCUT2D eigenvalue weighted by atomic mass is 10.1. The van der Waals surface area contributed by atoms with Gasteiger partial charge in [0, 0.05) is 19.5 Å². The molecule has 7 heteroatoms. The van der Waals surface area contributed by atoms with Crippen LogP contribution < -0.4 is 20.7 Å². The van der Waals surface area contributed by atoms with Gasteiger partial charge < -0.3 is 0 Å². The van der Waals surface area contributed by atoms with Crippen LogP contribution in [0.3, 0.4) is 0 Å². The van der Waals surface area contributed by atoms with Gasteiger partial charge in [0.2, 0.25) is 11.2 Å². The van der Waals surface area contributed by atoms with Crippen LogP contribution in [0.1, 0.15) is 25.8 Å². The zero-order valence-electron chi connectivity index (χ0n) is 16.3. The van der Waals surface area contributed by atoms with Crippen LogP contribution >= 0.6 is 0 Å². The summed E-state index contributed by atoms with van der Waals surface area (Å²) in [5.41, 5.74) is 2.95. The molecule has 1 aliphatic heterocycles. The number of anilines is 2. The first-order valence-corrected chi connectivity index (χ1v) is 9.52. The number of aromatic amines is 1. The summed E-state index contributed by atoms with van der Waals surface area (Å²) >= 11 is 0. The van der Waals surface area contributed by atoms with Crippen molar-refractivity contribution < 1.29 is 4.57 Å². The second kappa shape index (κ2) is 6.40. The fourth-order valence-electron chi connectivity index (χ4n) is 3.95. The van der Waals surface area contributed by atoms with Crippen molar-refractivity contribution in [3.05, 3.63) is 50.7 Å². The van der Waals surface area contributed by atoms with Crippen molar-refractivity contribution in [2.75, 3.05) is 11.4 Å². The summed E-state index contributed by atoms with van der Waals surface area (Å²) in [6.45, 7) is 8.25. The van der Waals surface area contributed by atoms with Crippen LogP contribution in [-0.2, 0) is 20.1 Å². The summed E-state index contributed by atoms with van der Waals surface area (Å²) in [7, 11) is 1.72. The third-order valence-electron chi connectivity index (χ3n) is 5.32. The Morgan fingerprint density at radius 3 is 2.59 bits per heavy atom. The molecule has 0 spiro atoms. The van der Waals surface area contributed by atoms with Gasteiger partial charge in [-0.15, -0.1) is 0 Å². The van der Waals surface area contributed by atoms with Crippen molar-refractivity contribution >= 4 is 22.8 Å². The Hall–Kier alpha value is -2.83. The van der Waals surface area contributed by atoms with Gasteiger partial charge in [0.25, 0.3) is 5.56 Å². The van der Waals surface area contributed by atoms with Crippen LogP contribution in [0.4, 0.5) is 11.6 Å². The predicted octanol–water partition coefficient (Wildman–Crippen LogP) is 1.82. The van der Waals surface area contributed by atoms with E-state index in [1.807, 2.05) is 11.5 Å². The summed E-state index contributed by atoms with van der Waals surface area (Å²) in [5, 5.41) is 0. The lowest BCUT2D eigenvalue weighted by molar-refractivity contribution is -0.669. The monoisotopic (exact) mass is 368 g/mol. The number of imidazole rings is 1. The number of H-pyrrole nitrogens is 1. The van der Waals surface area contributed by atoms with Crippen LogP contribution in [0.25, 0.3) is 11.2 Å². The fraction of sp³-hybridized carbons (Fsp3) is 0.450. The van der Waals surface area contributed by atoms with Crippen molar-refractivity contribution in [3.8, 4) is 0 Å². The number of benzene rings is 1. The van der Waals surface area contributed by atoms with E-state index in [0.29, 0.717) is 23.6 Å². The molecule has 27 heavy (non-hydrogen) atoms. The number of hydrogen-bond acceptors (Lipinski definition) is 3. The smallest absolute Gasteiger partial charge is 0.267 e. The Balaban J connectivity index is 2.00. The number of nitrogens with one attached hydrogen (secondary N) is 1. The van der Waals surface area contributed by atoms with Gasteiger partial charge in [0.1, 0.15) is 5.69 Å². The van der Waals surface area contributed by atoms with Gasteiger partial charge in [-0.05, 0) is 25.5 Å². The highest BCUT2D eigenvalue weighted by molar-refractivity contribution is 5.70. The first-order valence-electron chi connectivity index (χ1n) is 9.52. The van der Waals surface area contributed by atoms with Crippen molar-refractivity contribution in [1.82, 2.24) is 14.1 Å². The maximum Gasteiger partial charge on any atom is 0.364 e.